The number of imidazole rings is 1. The Morgan fingerprint density at radius 1 is 0.944 bits per heavy atom. The first kappa shape index (κ1) is 24.0. The summed E-state index contributed by atoms with van der Waals surface area (Å²) in [6, 6.07) is 19.5. The maximum absolute atomic E-state index is 12.3. The number of pyridine rings is 2. The molecule has 0 fully saturated rings. The molecule has 0 bridgehead atoms. The van der Waals surface area contributed by atoms with Gasteiger partial charge in [-0.15, -0.1) is 0 Å². The number of anilines is 1. The second-order valence-electron chi connectivity index (χ2n) is 8.73. The largest absolute Gasteiger partial charge is 0.374 e. The first-order valence-electron chi connectivity index (χ1n) is 12.0. The van der Waals surface area contributed by atoms with E-state index in [1.54, 1.807) is 24.9 Å². The van der Waals surface area contributed by atoms with Crippen LogP contribution in [0.25, 0.3) is 22.0 Å². The van der Waals surface area contributed by atoms with Crippen molar-refractivity contribution in [3.8, 4) is 11.1 Å². The molecule has 0 saturated heterocycles. The highest BCUT2D eigenvalue weighted by molar-refractivity contribution is 6.38. The predicted molar refractivity (Wildman–Crippen MR) is 145 cm³/mol. The number of aromatic nitrogens is 4. The Balaban J connectivity index is 1.80. The fourth-order valence-electron chi connectivity index (χ4n) is 4.81. The van der Waals surface area contributed by atoms with Gasteiger partial charge in [0, 0.05) is 43.5 Å². The monoisotopic (exact) mass is 497 g/mol. The molecule has 0 saturated carbocycles. The lowest BCUT2D eigenvalue weighted by Gasteiger charge is -2.30. The van der Waals surface area contributed by atoms with Crippen molar-refractivity contribution in [2.24, 2.45) is 7.05 Å². The molecule has 1 unspecified atom stereocenters. The Bertz CT molecular complexity index is 1500. The molecule has 0 radical (unpaired) electrons. The quantitative estimate of drug-likeness (QED) is 0.307. The van der Waals surface area contributed by atoms with Crippen LogP contribution in [0.2, 0.25) is 5.02 Å². The van der Waals surface area contributed by atoms with Crippen molar-refractivity contribution in [2.45, 2.75) is 19.4 Å². The van der Waals surface area contributed by atoms with E-state index in [0.29, 0.717) is 21.8 Å². The first-order chi connectivity index (χ1) is 17.5. The molecule has 0 aliphatic rings. The Morgan fingerprint density at radius 3 is 2.31 bits per heavy atom. The second-order valence-corrected chi connectivity index (χ2v) is 9.11. The average molecular weight is 498 g/mol. The number of nitrogens with zero attached hydrogens (tertiary/aromatic N) is 5. The van der Waals surface area contributed by atoms with Crippen LogP contribution < -0.4 is 4.90 Å². The van der Waals surface area contributed by atoms with E-state index in [2.05, 4.69) is 40.8 Å². The highest BCUT2D eigenvalue weighted by atomic mass is 35.5. The summed E-state index contributed by atoms with van der Waals surface area (Å²) in [5.74, 6) is 0.854. The van der Waals surface area contributed by atoms with E-state index in [1.807, 2.05) is 60.1 Å². The van der Waals surface area contributed by atoms with Crippen LogP contribution >= 0.6 is 11.6 Å². The molecule has 1 N–H and O–H groups in total. The van der Waals surface area contributed by atoms with Crippen LogP contribution in [-0.2, 0) is 12.6 Å². The van der Waals surface area contributed by atoms with Crippen LogP contribution in [0.1, 0.15) is 30.7 Å². The second kappa shape index (κ2) is 9.72. The van der Waals surface area contributed by atoms with Gasteiger partial charge in [-0.2, -0.15) is 0 Å². The third kappa shape index (κ3) is 3.92. The lowest BCUT2D eigenvalue weighted by atomic mass is 9.83. The molecule has 0 aliphatic heterocycles. The summed E-state index contributed by atoms with van der Waals surface area (Å²) in [4.78, 5) is 15.7. The molecule has 5 aromatic rings. The minimum atomic E-state index is -1.46. The number of fused-ring (bicyclic) bond motifs is 1. The number of aliphatic hydroxyl groups is 1. The van der Waals surface area contributed by atoms with Gasteiger partial charge in [0.25, 0.3) is 0 Å². The van der Waals surface area contributed by atoms with Crippen molar-refractivity contribution in [1.82, 2.24) is 19.5 Å². The number of benzene rings is 2. The summed E-state index contributed by atoms with van der Waals surface area (Å²) in [6.07, 6.45) is 6.72. The molecule has 0 spiro atoms. The Hall–Kier alpha value is -3.74. The summed E-state index contributed by atoms with van der Waals surface area (Å²) < 4.78 is 1.82. The van der Waals surface area contributed by atoms with Crippen LogP contribution in [-0.4, -0.2) is 37.7 Å². The molecule has 2 aromatic carbocycles. The Morgan fingerprint density at radius 2 is 1.67 bits per heavy atom. The van der Waals surface area contributed by atoms with Crippen molar-refractivity contribution in [3.05, 3.63) is 107 Å². The van der Waals surface area contributed by atoms with Crippen molar-refractivity contribution in [2.75, 3.05) is 18.0 Å². The van der Waals surface area contributed by atoms with Crippen molar-refractivity contribution >= 4 is 28.3 Å². The smallest absolute Gasteiger partial charge is 0.157 e. The maximum Gasteiger partial charge on any atom is 0.157 e. The van der Waals surface area contributed by atoms with Crippen LogP contribution in [0.5, 0.6) is 0 Å². The minimum Gasteiger partial charge on any atom is -0.374 e. The van der Waals surface area contributed by atoms with Crippen LogP contribution in [0, 0.1) is 0 Å². The van der Waals surface area contributed by atoms with Gasteiger partial charge in [-0.25, -0.2) is 9.97 Å². The number of aryl methyl sites for hydroxylation is 1. The number of hydrogen-bond donors (Lipinski definition) is 1. The van der Waals surface area contributed by atoms with Gasteiger partial charge in [0.15, 0.2) is 5.60 Å². The zero-order valence-corrected chi connectivity index (χ0v) is 21.3. The molecule has 3 heterocycles. The summed E-state index contributed by atoms with van der Waals surface area (Å²) >= 11 is 7.19. The molecule has 3 aromatic heterocycles. The number of rotatable bonds is 7. The first-order valence-corrected chi connectivity index (χ1v) is 12.4. The zero-order valence-electron chi connectivity index (χ0n) is 20.6. The normalized spacial score (nSPS) is 13.0. The van der Waals surface area contributed by atoms with Gasteiger partial charge in [0.05, 0.1) is 28.8 Å². The summed E-state index contributed by atoms with van der Waals surface area (Å²) in [5, 5.41) is 13.7. The molecule has 6 nitrogen and oxygen atoms in total. The van der Waals surface area contributed by atoms with Gasteiger partial charge in [-0.3, -0.25) is 4.98 Å². The van der Waals surface area contributed by atoms with Crippen molar-refractivity contribution in [1.29, 1.82) is 0 Å². The maximum atomic E-state index is 12.3. The Labute approximate surface area is 215 Å². The highest BCUT2D eigenvalue weighted by Gasteiger charge is 2.37. The molecule has 0 aliphatic carbocycles. The van der Waals surface area contributed by atoms with E-state index in [9.17, 15) is 5.11 Å². The SMILES string of the molecule is CCN(CC)c1nc2ccc(C(O)(c3ccncc3)c3cncn3C)cc2c(Cl)c1-c1ccccc1. The van der Waals surface area contributed by atoms with Crippen LogP contribution in [0.4, 0.5) is 5.82 Å². The van der Waals surface area contributed by atoms with Gasteiger partial charge in [-0.1, -0.05) is 48.0 Å². The van der Waals surface area contributed by atoms with Crippen molar-refractivity contribution in [3.63, 3.8) is 0 Å². The summed E-state index contributed by atoms with van der Waals surface area (Å²) in [5.41, 5.74) is 3.19. The summed E-state index contributed by atoms with van der Waals surface area (Å²) in [6.45, 7) is 5.85. The van der Waals surface area contributed by atoms with E-state index in [1.165, 1.54) is 0 Å². The third-order valence-corrected chi connectivity index (χ3v) is 7.12. The van der Waals surface area contributed by atoms with Gasteiger partial charge in [0.2, 0.25) is 0 Å². The summed E-state index contributed by atoms with van der Waals surface area (Å²) in [7, 11) is 1.87. The van der Waals surface area contributed by atoms with Gasteiger partial charge < -0.3 is 14.6 Å². The molecule has 5 rings (SSSR count). The van der Waals surface area contributed by atoms with E-state index < -0.39 is 5.60 Å². The standard InChI is InChI=1S/C29H28ClN5O/c1-4-35(5-2)28-26(20-9-7-6-8-10-20)27(30)23-17-22(11-12-24(23)33-28)29(36,21-13-15-31-16-14-21)25-18-32-19-34(25)3/h6-19,36H,4-5H2,1-3H3. The van der Waals surface area contributed by atoms with E-state index in [4.69, 9.17) is 16.6 Å². The zero-order chi connectivity index (χ0) is 25.3. The Kier molecular flexibility index (Phi) is 6.48. The van der Waals surface area contributed by atoms with E-state index in [-0.39, 0.29) is 0 Å². The lowest BCUT2D eigenvalue weighted by Crippen LogP contribution is -2.31. The molecule has 0 amide bonds. The predicted octanol–water partition coefficient (Wildman–Crippen LogP) is 5.81. The van der Waals surface area contributed by atoms with Gasteiger partial charge in [0.1, 0.15) is 5.82 Å². The minimum absolute atomic E-state index is 0.608. The van der Waals surface area contributed by atoms with E-state index in [0.717, 1.165) is 40.9 Å². The molecule has 7 heteroatoms. The third-order valence-electron chi connectivity index (χ3n) is 6.73. The fourth-order valence-corrected chi connectivity index (χ4v) is 5.16. The number of halogens is 1. The van der Waals surface area contributed by atoms with Gasteiger partial charge >= 0.3 is 0 Å². The fraction of sp³-hybridized carbons (Fsp3) is 0.207. The molecule has 36 heavy (non-hydrogen) atoms. The molecule has 182 valence electrons. The highest BCUT2D eigenvalue weighted by Crippen LogP contribution is 2.43. The average Bonchev–Trinajstić information content (AvgIpc) is 3.36. The topological polar surface area (TPSA) is 67.1 Å². The van der Waals surface area contributed by atoms with E-state index >= 15 is 0 Å². The van der Waals surface area contributed by atoms with Crippen LogP contribution in [0.3, 0.4) is 0 Å². The van der Waals surface area contributed by atoms with Gasteiger partial charge in [-0.05, 0) is 54.8 Å². The van der Waals surface area contributed by atoms with Crippen LogP contribution in [0.15, 0.2) is 85.6 Å². The number of hydrogen-bond acceptors (Lipinski definition) is 5. The lowest BCUT2D eigenvalue weighted by molar-refractivity contribution is 0.117. The molecular formula is C29H28ClN5O. The molecular weight excluding hydrogens is 470 g/mol. The molecule has 1 atom stereocenters. The van der Waals surface area contributed by atoms with Crippen molar-refractivity contribution < 1.29 is 5.11 Å².